The Balaban J connectivity index is 2.03. The van der Waals surface area contributed by atoms with Gasteiger partial charge in [0.05, 0.1) is 7.11 Å². The van der Waals surface area contributed by atoms with Crippen molar-refractivity contribution in [3.05, 3.63) is 29.3 Å². The number of nitrogens with zero attached hydrogens (tertiary/aromatic N) is 1. The van der Waals surface area contributed by atoms with Crippen molar-refractivity contribution in [1.82, 2.24) is 10.2 Å². The summed E-state index contributed by atoms with van der Waals surface area (Å²) in [6, 6.07) is 6.61. The van der Waals surface area contributed by atoms with E-state index in [-0.39, 0.29) is 0 Å². The molecule has 0 atom stereocenters. The molecule has 3 heteroatoms. The van der Waals surface area contributed by atoms with Crippen LogP contribution in [0.4, 0.5) is 0 Å². The summed E-state index contributed by atoms with van der Waals surface area (Å²) in [7, 11) is 3.72. The van der Waals surface area contributed by atoms with Crippen molar-refractivity contribution >= 4 is 0 Å². The van der Waals surface area contributed by atoms with Crippen molar-refractivity contribution in [2.24, 2.45) is 0 Å². The molecule has 1 aliphatic rings. The van der Waals surface area contributed by atoms with Crippen LogP contribution in [0.15, 0.2) is 18.2 Å². The molecule has 3 nitrogen and oxygen atoms in total. The van der Waals surface area contributed by atoms with Crippen LogP contribution in [-0.4, -0.2) is 32.1 Å². The molecule has 1 aromatic rings. The normalized spacial score (nSPS) is 17.2. The first kappa shape index (κ1) is 14.4. The first-order chi connectivity index (χ1) is 9.33. The van der Waals surface area contributed by atoms with Crippen molar-refractivity contribution in [2.45, 2.75) is 38.8 Å². The highest BCUT2D eigenvalue weighted by Gasteiger charge is 2.11. The summed E-state index contributed by atoms with van der Waals surface area (Å²) in [5, 5.41) is 3.18. The second kappa shape index (κ2) is 7.51. The zero-order chi connectivity index (χ0) is 13.5. The maximum Gasteiger partial charge on any atom is 0.123 e. The third-order valence-corrected chi connectivity index (χ3v) is 3.82. The number of hydrogen-bond acceptors (Lipinski definition) is 3. The van der Waals surface area contributed by atoms with E-state index in [4.69, 9.17) is 4.74 Å². The Morgan fingerprint density at radius 3 is 2.53 bits per heavy atom. The van der Waals surface area contributed by atoms with Crippen LogP contribution in [-0.2, 0) is 13.1 Å². The fraction of sp³-hybridized carbons (Fsp3) is 0.625. The third-order valence-electron chi connectivity index (χ3n) is 3.82. The van der Waals surface area contributed by atoms with E-state index in [9.17, 15) is 0 Å². The summed E-state index contributed by atoms with van der Waals surface area (Å²) in [6.07, 6.45) is 5.46. The van der Waals surface area contributed by atoms with Gasteiger partial charge in [0.1, 0.15) is 5.75 Å². The molecule has 0 radical (unpaired) electrons. The van der Waals surface area contributed by atoms with Crippen LogP contribution in [0, 0.1) is 0 Å². The topological polar surface area (TPSA) is 24.5 Å². The van der Waals surface area contributed by atoms with Crippen LogP contribution in [0.2, 0.25) is 0 Å². The highest BCUT2D eigenvalue weighted by atomic mass is 16.5. The zero-order valence-corrected chi connectivity index (χ0v) is 12.2. The van der Waals surface area contributed by atoms with Crippen molar-refractivity contribution in [3.63, 3.8) is 0 Å². The molecule has 1 fully saturated rings. The second-order valence-corrected chi connectivity index (χ2v) is 5.37. The van der Waals surface area contributed by atoms with E-state index in [2.05, 4.69) is 28.4 Å². The molecule has 1 saturated heterocycles. The average Bonchev–Trinajstić information content (AvgIpc) is 2.69. The number of likely N-dealkylation sites (tertiary alicyclic amines) is 1. The Morgan fingerprint density at radius 1 is 1.16 bits per heavy atom. The summed E-state index contributed by atoms with van der Waals surface area (Å²) in [4.78, 5) is 2.57. The van der Waals surface area contributed by atoms with E-state index in [1.54, 1.807) is 7.11 Å². The molecule has 0 aromatic heterocycles. The number of hydrogen-bond donors (Lipinski definition) is 1. The maximum atomic E-state index is 5.49. The summed E-state index contributed by atoms with van der Waals surface area (Å²) in [5.74, 6) is 1.00. The van der Waals surface area contributed by atoms with Gasteiger partial charge in [0.25, 0.3) is 0 Å². The van der Waals surface area contributed by atoms with Gasteiger partial charge < -0.3 is 10.1 Å². The Kier molecular flexibility index (Phi) is 5.67. The second-order valence-electron chi connectivity index (χ2n) is 5.37. The van der Waals surface area contributed by atoms with Crippen LogP contribution in [0.1, 0.15) is 36.8 Å². The number of nitrogens with one attached hydrogen (secondary N) is 1. The third kappa shape index (κ3) is 4.22. The Morgan fingerprint density at radius 2 is 1.89 bits per heavy atom. The highest BCUT2D eigenvalue weighted by molar-refractivity contribution is 5.37. The summed E-state index contributed by atoms with van der Waals surface area (Å²) >= 11 is 0. The first-order valence-corrected chi connectivity index (χ1v) is 7.36. The van der Waals surface area contributed by atoms with Gasteiger partial charge in [0, 0.05) is 18.7 Å². The lowest BCUT2D eigenvalue weighted by Gasteiger charge is -2.20. The number of rotatable bonds is 5. The minimum absolute atomic E-state index is 0.854. The molecule has 0 saturated carbocycles. The highest BCUT2D eigenvalue weighted by Crippen LogP contribution is 2.22. The standard InChI is InChI=1S/C16H26N2O/c1-17-12-15-8-7-14(11-16(15)19-2)13-18-9-5-3-4-6-10-18/h7-8,11,17H,3-6,9-10,12-13H2,1-2H3. The molecule has 106 valence electrons. The molecule has 1 aromatic carbocycles. The van der Waals surface area contributed by atoms with Crippen LogP contribution in [0.5, 0.6) is 5.75 Å². The van der Waals surface area contributed by atoms with Crippen molar-refractivity contribution in [2.75, 3.05) is 27.2 Å². The fourth-order valence-corrected chi connectivity index (χ4v) is 2.78. The van der Waals surface area contributed by atoms with Gasteiger partial charge in [-0.1, -0.05) is 25.0 Å². The zero-order valence-electron chi connectivity index (χ0n) is 12.2. The van der Waals surface area contributed by atoms with Gasteiger partial charge in [-0.3, -0.25) is 4.90 Å². The molecule has 19 heavy (non-hydrogen) atoms. The van der Waals surface area contributed by atoms with E-state index in [1.165, 1.54) is 49.9 Å². The summed E-state index contributed by atoms with van der Waals surface area (Å²) in [5.41, 5.74) is 2.59. The van der Waals surface area contributed by atoms with E-state index in [0.29, 0.717) is 0 Å². The molecule has 0 amide bonds. The van der Waals surface area contributed by atoms with Gasteiger partial charge in [-0.15, -0.1) is 0 Å². The van der Waals surface area contributed by atoms with Gasteiger partial charge in [-0.2, -0.15) is 0 Å². The largest absolute Gasteiger partial charge is 0.496 e. The molecule has 1 N–H and O–H groups in total. The van der Waals surface area contributed by atoms with Crippen LogP contribution < -0.4 is 10.1 Å². The minimum Gasteiger partial charge on any atom is -0.496 e. The van der Waals surface area contributed by atoms with E-state index in [0.717, 1.165) is 18.8 Å². The predicted octanol–water partition coefficient (Wildman–Crippen LogP) is 2.79. The first-order valence-electron chi connectivity index (χ1n) is 7.36. The van der Waals surface area contributed by atoms with Gasteiger partial charge in [-0.25, -0.2) is 0 Å². The molecule has 0 aliphatic carbocycles. The van der Waals surface area contributed by atoms with Gasteiger partial charge in [-0.05, 0) is 44.6 Å². The maximum absolute atomic E-state index is 5.49. The molecule has 2 rings (SSSR count). The lowest BCUT2D eigenvalue weighted by molar-refractivity contribution is 0.276. The van der Waals surface area contributed by atoms with Gasteiger partial charge in [0.15, 0.2) is 0 Å². The van der Waals surface area contributed by atoms with E-state index < -0.39 is 0 Å². The Bertz CT molecular complexity index is 384. The Hall–Kier alpha value is -1.06. The Labute approximate surface area is 116 Å². The number of ether oxygens (including phenoxy) is 1. The van der Waals surface area contributed by atoms with Crippen LogP contribution in [0.25, 0.3) is 0 Å². The number of methoxy groups -OCH3 is 1. The lowest BCUT2D eigenvalue weighted by atomic mass is 10.1. The molecule has 0 unspecified atom stereocenters. The quantitative estimate of drug-likeness (QED) is 0.883. The van der Waals surface area contributed by atoms with Gasteiger partial charge in [0.2, 0.25) is 0 Å². The molecular formula is C16H26N2O. The lowest BCUT2D eigenvalue weighted by Crippen LogP contribution is -2.24. The number of benzene rings is 1. The summed E-state index contributed by atoms with van der Waals surface area (Å²) in [6.45, 7) is 4.38. The summed E-state index contributed by atoms with van der Waals surface area (Å²) < 4.78 is 5.49. The predicted molar refractivity (Wildman–Crippen MR) is 79.5 cm³/mol. The average molecular weight is 262 g/mol. The smallest absolute Gasteiger partial charge is 0.123 e. The van der Waals surface area contributed by atoms with E-state index >= 15 is 0 Å². The van der Waals surface area contributed by atoms with Crippen LogP contribution in [0.3, 0.4) is 0 Å². The molecule has 0 bridgehead atoms. The monoisotopic (exact) mass is 262 g/mol. The van der Waals surface area contributed by atoms with Gasteiger partial charge >= 0.3 is 0 Å². The van der Waals surface area contributed by atoms with Crippen molar-refractivity contribution in [1.29, 1.82) is 0 Å². The van der Waals surface area contributed by atoms with Crippen molar-refractivity contribution < 1.29 is 4.74 Å². The van der Waals surface area contributed by atoms with Crippen molar-refractivity contribution in [3.8, 4) is 5.75 Å². The van der Waals surface area contributed by atoms with Crippen LogP contribution >= 0.6 is 0 Å². The fourth-order valence-electron chi connectivity index (χ4n) is 2.78. The molecule has 1 heterocycles. The minimum atomic E-state index is 0.854. The molecule has 0 spiro atoms. The molecular weight excluding hydrogens is 236 g/mol. The SMILES string of the molecule is CNCc1ccc(CN2CCCCCC2)cc1OC. The van der Waals surface area contributed by atoms with E-state index in [1.807, 2.05) is 7.05 Å². The molecule has 1 aliphatic heterocycles.